The van der Waals surface area contributed by atoms with Crippen LogP contribution in [0.25, 0.3) is 16.6 Å². The molecule has 0 radical (unpaired) electrons. The summed E-state index contributed by atoms with van der Waals surface area (Å²) in [5.41, 5.74) is 1.90. The van der Waals surface area contributed by atoms with Crippen LogP contribution in [0.4, 0.5) is 0 Å². The summed E-state index contributed by atoms with van der Waals surface area (Å²) in [6.07, 6.45) is 5.68. The molecule has 0 N–H and O–H groups in total. The number of hydrogen-bond acceptors (Lipinski definition) is 5. The molecule has 114 valence electrons. The van der Waals surface area contributed by atoms with Gasteiger partial charge in [0.1, 0.15) is 0 Å². The summed E-state index contributed by atoms with van der Waals surface area (Å²) in [6.45, 7) is 1.12. The van der Waals surface area contributed by atoms with Crippen molar-refractivity contribution in [2.45, 2.75) is 30.5 Å². The predicted molar refractivity (Wildman–Crippen MR) is 89.3 cm³/mol. The molecule has 6 heteroatoms. The quantitative estimate of drug-likeness (QED) is 0.537. The van der Waals surface area contributed by atoms with Crippen LogP contribution >= 0.6 is 11.8 Å². The van der Waals surface area contributed by atoms with Crippen molar-refractivity contribution in [1.82, 2.24) is 24.5 Å². The number of fused-ring (bicyclic) bond motifs is 3. The van der Waals surface area contributed by atoms with E-state index in [9.17, 15) is 0 Å². The van der Waals surface area contributed by atoms with Gasteiger partial charge in [0.15, 0.2) is 16.6 Å². The Labute approximate surface area is 133 Å². The van der Waals surface area contributed by atoms with Crippen LogP contribution in [0, 0.1) is 0 Å². The number of benzene rings is 1. The third-order valence-corrected chi connectivity index (χ3v) is 5.05. The minimum absolute atomic E-state index is 0.321. The molecular weight excluding hydrogens is 294 g/mol. The Morgan fingerprint density at radius 1 is 1.18 bits per heavy atom. The fourth-order valence-corrected chi connectivity index (χ4v) is 3.71. The molecule has 1 aromatic carbocycles. The zero-order valence-corrected chi connectivity index (χ0v) is 13.7. The second-order valence-electron chi connectivity index (χ2n) is 5.81. The van der Waals surface area contributed by atoms with Gasteiger partial charge in [-0.25, -0.2) is 9.97 Å². The number of para-hydroxylation sites is 1. The molecule has 0 saturated carbocycles. The largest absolute Gasteiger partial charge is 0.296 e. The summed E-state index contributed by atoms with van der Waals surface area (Å²) in [4.78, 5) is 12.0. The molecule has 1 saturated heterocycles. The third-order valence-electron chi connectivity index (χ3n) is 4.42. The Morgan fingerprint density at radius 2 is 2.05 bits per heavy atom. The van der Waals surface area contributed by atoms with Gasteiger partial charge in [-0.15, -0.1) is 5.10 Å². The van der Waals surface area contributed by atoms with Gasteiger partial charge >= 0.3 is 0 Å². The van der Waals surface area contributed by atoms with Gasteiger partial charge in [0.05, 0.1) is 11.6 Å². The van der Waals surface area contributed by atoms with Gasteiger partial charge in [-0.3, -0.25) is 4.90 Å². The molecule has 0 aliphatic carbocycles. The standard InChI is InChI=1S/C16H19N5S/c1-20-10-6-5-9-13(20)14-18-15-11-7-3-4-8-12(11)17-16(22-2)21(15)19-14/h3-4,7-8,13H,5-6,9-10H2,1-2H3. The molecule has 4 rings (SSSR count). The lowest BCUT2D eigenvalue weighted by atomic mass is 10.0. The molecule has 2 aromatic heterocycles. The SMILES string of the molecule is CSc1nc2ccccc2c2nc(C3CCCCN3C)nn12. The van der Waals surface area contributed by atoms with Crippen molar-refractivity contribution in [2.75, 3.05) is 19.8 Å². The van der Waals surface area contributed by atoms with Crippen LogP contribution in [-0.4, -0.2) is 44.3 Å². The molecule has 1 atom stereocenters. The smallest absolute Gasteiger partial charge is 0.191 e. The van der Waals surface area contributed by atoms with Crippen LogP contribution < -0.4 is 0 Å². The summed E-state index contributed by atoms with van der Waals surface area (Å²) < 4.78 is 1.91. The van der Waals surface area contributed by atoms with Gasteiger partial charge < -0.3 is 0 Å². The second kappa shape index (κ2) is 5.52. The van der Waals surface area contributed by atoms with E-state index >= 15 is 0 Å². The summed E-state index contributed by atoms with van der Waals surface area (Å²) in [5, 5.41) is 6.75. The molecule has 0 spiro atoms. The fourth-order valence-electron chi connectivity index (χ4n) is 3.22. The number of likely N-dealkylation sites (tertiary alicyclic amines) is 1. The van der Waals surface area contributed by atoms with Crippen LogP contribution in [0.5, 0.6) is 0 Å². The van der Waals surface area contributed by atoms with Gasteiger partial charge in [-0.2, -0.15) is 4.52 Å². The zero-order chi connectivity index (χ0) is 15.1. The number of rotatable bonds is 2. The fraction of sp³-hybridized carbons (Fsp3) is 0.438. The molecule has 3 heterocycles. The van der Waals surface area contributed by atoms with Gasteiger partial charge in [-0.05, 0) is 44.8 Å². The monoisotopic (exact) mass is 313 g/mol. The normalized spacial score (nSPS) is 20.0. The highest BCUT2D eigenvalue weighted by atomic mass is 32.2. The maximum Gasteiger partial charge on any atom is 0.191 e. The first kappa shape index (κ1) is 14.0. The first-order valence-electron chi connectivity index (χ1n) is 7.67. The van der Waals surface area contributed by atoms with E-state index in [1.807, 2.05) is 29.0 Å². The van der Waals surface area contributed by atoms with E-state index < -0.39 is 0 Å². The van der Waals surface area contributed by atoms with Crippen molar-refractivity contribution in [3.8, 4) is 0 Å². The van der Waals surface area contributed by atoms with Gasteiger partial charge in [0.2, 0.25) is 0 Å². The average Bonchev–Trinajstić information content (AvgIpc) is 2.99. The zero-order valence-electron chi connectivity index (χ0n) is 12.9. The Kier molecular flexibility index (Phi) is 3.50. The summed E-state index contributed by atoms with van der Waals surface area (Å²) >= 11 is 1.61. The van der Waals surface area contributed by atoms with Gasteiger partial charge in [0.25, 0.3) is 0 Å². The topological polar surface area (TPSA) is 46.3 Å². The Morgan fingerprint density at radius 3 is 2.86 bits per heavy atom. The Bertz CT molecular complexity index is 828. The Hall–Kier alpha value is -1.66. The molecule has 1 unspecified atom stereocenters. The second-order valence-corrected chi connectivity index (χ2v) is 6.59. The van der Waals surface area contributed by atoms with E-state index in [2.05, 4.69) is 18.0 Å². The van der Waals surface area contributed by atoms with E-state index in [0.717, 1.165) is 40.5 Å². The van der Waals surface area contributed by atoms with Crippen LogP contribution in [0.1, 0.15) is 31.1 Å². The van der Waals surface area contributed by atoms with Crippen molar-refractivity contribution in [2.24, 2.45) is 0 Å². The van der Waals surface area contributed by atoms with E-state index in [-0.39, 0.29) is 0 Å². The maximum atomic E-state index is 4.88. The highest BCUT2D eigenvalue weighted by Crippen LogP contribution is 2.29. The molecule has 3 aromatic rings. The summed E-state index contributed by atoms with van der Waals surface area (Å²) in [5.74, 6) is 0.927. The molecule has 5 nitrogen and oxygen atoms in total. The number of piperidine rings is 1. The first-order chi connectivity index (χ1) is 10.8. The van der Waals surface area contributed by atoms with Crippen molar-refractivity contribution in [3.05, 3.63) is 30.1 Å². The van der Waals surface area contributed by atoms with Crippen LogP contribution in [0.15, 0.2) is 29.4 Å². The predicted octanol–water partition coefficient (Wildman–Crippen LogP) is 3.16. The van der Waals surface area contributed by atoms with Crippen LogP contribution in [0.2, 0.25) is 0 Å². The number of nitrogens with zero attached hydrogens (tertiary/aromatic N) is 5. The van der Waals surface area contributed by atoms with Crippen LogP contribution in [-0.2, 0) is 0 Å². The lowest BCUT2D eigenvalue weighted by Crippen LogP contribution is -2.30. The highest BCUT2D eigenvalue weighted by Gasteiger charge is 2.25. The lowest BCUT2D eigenvalue weighted by Gasteiger charge is -2.30. The minimum Gasteiger partial charge on any atom is -0.296 e. The molecule has 1 aliphatic heterocycles. The lowest BCUT2D eigenvalue weighted by molar-refractivity contribution is 0.179. The third kappa shape index (κ3) is 2.18. The van der Waals surface area contributed by atoms with Gasteiger partial charge in [0, 0.05) is 5.39 Å². The van der Waals surface area contributed by atoms with E-state index in [1.165, 1.54) is 12.8 Å². The summed E-state index contributed by atoms with van der Waals surface area (Å²) in [7, 11) is 2.17. The van der Waals surface area contributed by atoms with Crippen molar-refractivity contribution in [1.29, 1.82) is 0 Å². The number of aromatic nitrogens is 4. The van der Waals surface area contributed by atoms with Crippen molar-refractivity contribution in [3.63, 3.8) is 0 Å². The van der Waals surface area contributed by atoms with E-state index in [1.54, 1.807) is 11.8 Å². The van der Waals surface area contributed by atoms with Crippen molar-refractivity contribution < 1.29 is 0 Å². The Balaban J connectivity index is 1.93. The first-order valence-corrected chi connectivity index (χ1v) is 8.90. The molecule has 22 heavy (non-hydrogen) atoms. The maximum absolute atomic E-state index is 4.88. The highest BCUT2D eigenvalue weighted by molar-refractivity contribution is 7.98. The number of thioether (sulfide) groups is 1. The molecule has 0 amide bonds. The molecule has 1 fully saturated rings. The molecule has 0 bridgehead atoms. The summed E-state index contributed by atoms with van der Waals surface area (Å²) in [6, 6.07) is 8.48. The van der Waals surface area contributed by atoms with E-state index in [4.69, 9.17) is 15.1 Å². The van der Waals surface area contributed by atoms with Crippen molar-refractivity contribution >= 4 is 28.3 Å². The molecular formula is C16H19N5S. The van der Waals surface area contributed by atoms with Crippen LogP contribution in [0.3, 0.4) is 0 Å². The number of hydrogen-bond donors (Lipinski definition) is 0. The molecule has 1 aliphatic rings. The van der Waals surface area contributed by atoms with E-state index in [0.29, 0.717) is 6.04 Å². The average molecular weight is 313 g/mol. The minimum atomic E-state index is 0.321. The van der Waals surface area contributed by atoms with Gasteiger partial charge in [-0.1, -0.05) is 30.3 Å².